The Bertz CT molecular complexity index is 490. The fraction of sp³-hybridized carbons (Fsp3) is 0.455. The van der Waals surface area contributed by atoms with Crippen LogP contribution in [-0.2, 0) is 4.79 Å². The van der Waals surface area contributed by atoms with E-state index < -0.39 is 10.9 Å². The Morgan fingerprint density at radius 2 is 2.21 bits per heavy atom. The quantitative estimate of drug-likeness (QED) is 0.585. The lowest BCUT2D eigenvalue weighted by molar-refractivity contribution is -0.384. The van der Waals surface area contributed by atoms with Crippen molar-refractivity contribution in [3.8, 4) is 0 Å². The second kappa shape index (κ2) is 5.98. The predicted octanol–water partition coefficient (Wildman–Crippen LogP) is 1.12. The van der Waals surface area contributed by atoms with E-state index in [1.165, 1.54) is 17.0 Å². The Labute approximate surface area is 110 Å². The SMILES string of the molecule is CC(C)CN(CC(=O)O)c1ccc([N+](=O)[O-])c(N)n1. The molecule has 3 N–H and O–H groups in total. The van der Waals surface area contributed by atoms with Crippen LogP contribution in [0.3, 0.4) is 0 Å². The van der Waals surface area contributed by atoms with Gasteiger partial charge in [-0.25, -0.2) is 4.98 Å². The average Bonchev–Trinajstić information content (AvgIpc) is 2.26. The number of rotatable bonds is 6. The van der Waals surface area contributed by atoms with Gasteiger partial charge in [-0.05, 0) is 12.0 Å². The lowest BCUT2D eigenvalue weighted by atomic mass is 10.2. The number of carboxylic acids is 1. The topological polar surface area (TPSA) is 123 Å². The lowest BCUT2D eigenvalue weighted by Crippen LogP contribution is -2.33. The second-order valence-electron chi connectivity index (χ2n) is 4.50. The standard InChI is InChI=1S/C11H16N4O4/c1-7(2)5-14(6-10(16)17)9-4-3-8(15(18)19)11(12)13-9/h3-4,7H,5-6H2,1-2H3,(H2,12,13)(H,16,17). The summed E-state index contributed by atoms with van der Waals surface area (Å²) < 4.78 is 0. The lowest BCUT2D eigenvalue weighted by Gasteiger charge is -2.23. The van der Waals surface area contributed by atoms with Crippen molar-refractivity contribution in [1.82, 2.24) is 4.98 Å². The highest BCUT2D eigenvalue weighted by Gasteiger charge is 2.18. The van der Waals surface area contributed by atoms with E-state index >= 15 is 0 Å². The van der Waals surface area contributed by atoms with Gasteiger partial charge in [0.2, 0.25) is 5.82 Å². The minimum atomic E-state index is -1.00. The molecular formula is C11H16N4O4. The van der Waals surface area contributed by atoms with Gasteiger partial charge in [-0.3, -0.25) is 14.9 Å². The van der Waals surface area contributed by atoms with E-state index in [-0.39, 0.29) is 24.0 Å². The molecule has 0 radical (unpaired) electrons. The normalized spacial score (nSPS) is 10.5. The van der Waals surface area contributed by atoms with E-state index in [1.807, 2.05) is 13.8 Å². The summed E-state index contributed by atoms with van der Waals surface area (Å²) in [5, 5.41) is 19.5. The minimum Gasteiger partial charge on any atom is -0.480 e. The molecule has 0 fully saturated rings. The van der Waals surface area contributed by atoms with Crippen LogP contribution < -0.4 is 10.6 Å². The summed E-state index contributed by atoms with van der Waals surface area (Å²) >= 11 is 0. The van der Waals surface area contributed by atoms with E-state index in [9.17, 15) is 14.9 Å². The van der Waals surface area contributed by atoms with Gasteiger partial charge in [-0.15, -0.1) is 0 Å². The first-order chi connectivity index (χ1) is 8.81. The van der Waals surface area contributed by atoms with Crippen molar-refractivity contribution in [3.63, 3.8) is 0 Å². The van der Waals surface area contributed by atoms with Gasteiger partial charge in [-0.2, -0.15) is 0 Å². The fourth-order valence-corrected chi connectivity index (χ4v) is 1.63. The van der Waals surface area contributed by atoms with E-state index in [4.69, 9.17) is 10.8 Å². The van der Waals surface area contributed by atoms with E-state index in [2.05, 4.69) is 4.98 Å². The number of aliphatic carboxylic acids is 1. The molecule has 0 atom stereocenters. The maximum absolute atomic E-state index is 10.8. The monoisotopic (exact) mass is 268 g/mol. The van der Waals surface area contributed by atoms with Gasteiger partial charge in [0.15, 0.2) is 0 Å². The maximum atomic E-state index is 10.8. The summed E-state index contributed by atoms with van der Waals surface area (Å²) in [5.74, 6) is -0.683. The van der Waals surface area contributed by atoms with Crippen LogP contribution in [0, 0.1) is 16.0 Å². The number of nitrogens with zero attached hydrogens (tertiary/aromatic N) is 3. The van der Waals surface area contributed by atoms with Crippen LogP contribution in [0.1, 0.15) is 13.8 Å². The number of nitrogens with two attached hydrogens (primary N) is 1. The largest absolute Gasteiger partial charge is 0.480 e. The molecule has 0 aliphatic carbocycles. The van der Waals surface area contributed by atoms with Crippen molar-refractivity contribution in [2.24, 2.45) is 5.92 Å². The van der Waals surface area contributed by atoms with Crippen LogP contribution in [0.4, 0.5) is 17.3 Å². The number of aromatic nitrogens is 1. The van der Waals surface area contributed by atoms with Gasteiger partial charge in [-0.1, -0.05) is 13.8 Å². The average molecular weight is 268 g/mol. The van der Waals surface area contributed by atoms with Crippen molar-refractivity contribution in [3.05, 3.63) is 22.2 Å². The first-order valence-corrected chi connectivity index (χ1v) is 5.69. The molecule has 0 aliphatic heterocycles. The summed E-state index contributed by atoms with van der Waals surface area (Å²) in [6.45, 7) is 4.10. The summed E-state index contributed by atoms with van der Waals surface area (Å²) in [6, 6.07) is 2.63. The summed E-state index contributed by atoms with van der Waals surface area (Å²) in [4.78, 5) is 26.2. The van der Waals surface area contributed by atoms with E-state index in [0.29, 0.717) is 12.4 Å². The van der Waals surface area contributed by atoms with Crippen LogP contribution in [0.5, 0.6) is 0 Å². The summed E-state index contributed by atoms with van der Waals surface area (Å²) in [7, 11) is 0. The summed E-state index contributed by atoms with van der Waals surface area (Å²) in [5.41, 5.74) is 5.21. The van der Waals surface area contributed by atoms with E-state index in [0.717, 1.165) is 0 Å². The van der Waals surface area contributed by atoms with Crippen molar-refractivity contribution in [2.45, 2.75) is 13.8 Å². The van der Waals surface area contributed by atoms with Gasteiger partial charge >= 0.3 is 11.7 Å². The molecule has 0 aromatic carbocycles. The van der Waals surface area contributed by atoms with Gasteiger partial charge in [0.25, 0.3) is 0 Å². The van der Waals surface area contributed by atoms with Gasteiger partial charge in [0, 0.05) is 12.6 Å². The van der Waals surface area contributed by atoms with Crippen LogP contribution in [0.15, 0.2) is 12.1 Å². The number of hydrogen-bond acceptors (Lipinski definition) is 6. The van der Waals surface area contributed by atoms with Crippen molar-refractivity contribution >= 4 is 23.3 Å². The Hall–Kier alpha value is -2.38. The van der Waals surface area contributed by atoms with Crippen molar-refractivity contribution in [1.29, 1.82) is 0 Å². The van der Waals surface area contributed by atoms with Crippen LogP contribution >= 0.6 is 0 Å². The number of hydrogen-bond donors (Lipinski definition) is 2. The first-order valence-electron chi connectivity index (χ1n) is 5.69. The van der Waals surface area contributed by atoms with Gasteiger partial charge in [0.1, 0.15) is 12.4 Å². The number of anilines is 2. The molecule has 0 spiro atoms. The molecule has 8 heteroatoms. The molecule has 19 heavy (non-hydrogen) atoms. The Balaban J connectivity index is 3.05. The fourth-order valence-electron chi connectivity index (χ4n) is 1.63. The van der Waals surface area contributed by atoms with Crippen molar-refractivity contribution < 1.29 is 14.8 Å². The number of pyridine rings is 1. The van der Waals surface area contributed by atoms with Gasteiger partial charge < -0.3 is 15.7 Å². The molecule has 0 bridgehead atoms. The maximum Gasteiger partial charge on any atom is 0.323 e. The molecule has 0 aliphatic rings. The van der Waals surface area contributed by atoms with Crippen LogP contribution in [0.25, 0.3) is 0 Å². The number of carbonyl (C=O) groups is 1. The minimum absolute atomic E-state index is 0.220. The van der Waals surface area contributed by atoms with E-state index in [1.54, 1.807) is 0 Å². The molecule has 0 amide bonds. The molecule has 0 saturated carbocycles. The molecule has 0 saturated heterocycles. The third kappa shape index (κ3) is 4.09. The zero-order valence-electron chi connectivity index (χ0n) is 10.7. The van der Waals surface area contributed by atoms with Crippen LogP contribution in [-0.4, -0.2) is 34.1 Å². The van der Waals surface area contributed by atoms with Crippen molar-refractivity contribution in [2.75, 3.05) is 23.7 Å². The number of nitro groups is 1. The summed E-state index contributed by atoms with van der Waals surface area (Å²) in [6.07, 6.45) is 0. The Morgan fingerprint density at radius 1 is 1.58 bits per heavy atom. The molecule has 1 rings (SSSR count). The highest BCUT2D eigenvalue weighted by molar-refractivity contribution is 5.73. The molecule has 1 aromatic heterocycles. The molecule has 104 valence electrons. The molecular weight excluding hydrogens is 252 g/mol. The van der Waals surface area contributed by atoms with Gasteiger partial charge in [0.05, 0.1) is 4.92 Å². The smallest absolute Gasteiger partial charge is 0.323 e. The highest BCUT2D eigenvalue weighted by Crippen LogP contribution is 2.23. The third-order valence-electron chi connectivity index (χ3n) is 2.32. The Kier molecular flexibility index (Phi) is 4.62. The zero-order valence-corrected chi connectivity index (χ0v) is 10.7. The molecule has 0 unspecified atom stereocenters. The Morgan fingerprint density at radius 3 is 2.63 bits per heavy atom. The number of nitrogen functional groups attached to an aromatic ring is 1. The zero-order chi connectivity index (χ0) is 14.6. The first kappa shape index (κ1) is 14.7. The highest BCUT2D eigenvalue weighted by atomic mass is 16.6. The molecule has 1 heterocycles. The second-order valence-corrected chi connectivity index (χ2v) is 4.50. The number of carboxylic acid groups (broad SMARTS) is 1. The third-order valence-corrected chi connectivity index (χ3v) is 2.32. The predicted molar refractivity (Wildman–Crippen MR) is 70.0 cm³/mol. The molecule has 1 aromatic rings. The van der Waals surface area contributed by atoms with Crippen LogP contribution in [0.2, 0.25) is 0 Å². The molecule has 8 nitrogen and oxygen atoms in total.